The zero-order valence-electron chi connectivity index (χ0n) is 11.9. The second-order valence-electron chi connectivity index (χ2n) is 5.22. The van der Waals surface area contributed by atoms with Crippen molar-refractivity contribution in [3.05, 3.63) is 65.2 Å². The fourth-order valence-electron chi connectivity index (χ4n) is 2.64. The minimum absolute atomic E-state index is 0.0847. The Labute approximate surface area is 122 Å². The highest BCUT2D eigenvalue weighted by Gasteiger charge is 2.16. The highest BCUT2D eigenvalue weighted by atomic mass is 19.1. The average Bonchev–Trinajstić information content (AvgIpc) is 2.81. The van der Waals surface area contributed by atoms with Crippen molar-refractivity contribution in [1.82, 2.24) is 9.55 Å². The molecule has 0 aliphatic heterocycles. The van der Waals surface area contributed by atoms with Gasteiger partial charge in [0.1, 0.15) is 5.82 Å². The van der Waals surface area contributed by atoms with Gasteiger partial charge < -0.3 is 4.57 Å². The van der Waals surface area contributed by atoms with Crippen LogP contribution in [-0.4, -0.2) is 15.3 Å². The molecule has 3 nitrogen and oxygen atoms in total. The number of carbonyl (C=O) groups is 1. The first-order valence-corrected chi connectivity index (χ1v) is 6.76. The van der Waals surface area contributed by atoms with Crippen molar-refractivity contribution in [1.29, 1.82) is 0 Å². The number of benzene rings is 2. The van der Waals surface area contributed by atoms with Crippen LogP contribution in [0.5, 0.6) is 0 Å². The van der Waals surface area contributed by atoms with E-state index in [0.717, 1.165) is 16.6 Å². The molecule has 4 heteroatoms. The lowest BCUT2D eigenvalue weighted by Crippen LogP contribution is -2.13. The molecule has 106 valence electrons. The van der Waals surface area contributed by atoms with Crippen LogP contribution >= 0.6 is 0 Å². The molecule has 1 aromatic heterocycles. The summed E-state index contributed by atoms with van der Waals surface area (Å²) in [6.07, 6.45) is 1.62. The van der Waals surface area contributed by atoms with E-state index in [1.54, 1.807) is 17.8 Å². The lowest BCUT2D eigenvalue weighted by Gasteiger charge is -2.09. The van der Waals surface area contributed by atoms with Gasteiger partial charge in [-0.1, -0.05) is 18.2 Å². The Hall–Kier alpha value is -2.49. The highest BCUT2D eigenvalue weighted by Crippen LogP contribution is 2.18. The fourth-order valence-corrected chi connectivity index (χ4v) is 2.64. The molecule has 0 aliphatic carbocycles. The van der Waals surface area contributed by atoms with E-state index in [0.29, 0.717) is 5.56 Å². The summed E-state index contributed by atoms with van der Waals surface area (Å²) in [5, 5.41) is 0. The zero-order chi connectivity index (χ0) is 15.0. The number of hydrogen-bond donors (Lipinski definition) is 0. The molecular weight excluding hydrogens is 267 g/mol. The third-order valence-corrected chi connectivity index (χ3v) is 3.55. The van der Waals surface area contributed by atoms with Gasteiger partial charge in [0.2, 0.25) is 0 Å². The molecule has 3 aromatic rings. The molecule has 0 radical (unpaired) electrons. The van der Waals surface area contributed by atoms with E-state index in [2.05, 4.69) is 4.98 Å². The minimum Gasteiger partial charge on any atom is -0.323 e. The van der Waals surface area contributed by atoms with E-state index in [4.69, 9.17) is 0 Å². The van der Waals surface area contributed by atoms with Gasteiger partial charge in [-0.05, 0) is 43.2 Å². The molecule has 0 atom stereocenters. The summed E-state index contributed by atoms with van der Waals surface area (Å²) in [5.41, 5.74) is 3.34. The van der Waals surface area contributed by atoms with Crippen LogP contribution in [0.2, 0.25) is 0 Å². The number of imidazole rings is 1. The first-order chi connectivity index (χ1) is 10.1. The average molecular weight is 282 g/mol. The second kappa shape index (κ2) is 5.13. The number of Topliss-reactive ketones (excluding diaryl/α,β-unsaturated/α-hetero) is 1. The van der Waals surface area contributed by atoms with E-state index < -0.39 is 5.82 Å². The van der Waals surface area contributed by atoms with Crippen LogP contribution in [0.4, 0.5) is 4.39 Å². The van der Waals surface area contributed by atoms with Crippen molar-refractivity contribution in [2.75, 3.05) is 0 Å². The largest absolute Gasteiger partial charge is 0.323 e. The second-order valence-corrected chi connectivity index (χ2v) is 5.22. The van der Waals surface area contributed by atoms with E-state index in [1.165, 1.54) is 6.07 Å². The molecule has 21 heavy (non-hydrogen) atoms. The molecule has 2 aromatic carbocycles. The number of aryl methyl sites for hydroxylation is 2. The highest BCUT2D eigenvalue weighted by molar-refractivity contribution is 5.98. The van der Waals surface area contributed by atoms with Crippen molar-refractivity contribution in [3.63, 3.8) is 0 Å². The van der Waals surface area contributed by atoms with Crippen molar-refractivity contribution >= 4 is 16.8 Å². The third-order valence-electron chi connectivity index (χ3n) is 3.55. The quantitative estimate of drug-likeness (QED) is 0.687. The van der Waals surface area contributed by atoms with Crippen LogP contribution in [0.3, 0.4) is 0 Å². The summed E-state index contributed by atoms with van der Waals surface area (Å²) in [4.78, 5) is 16.7. The predicted molar refractivity (Wildman–Crippen MR) is 79.9 cm³/mol. The predicted octanol–water partition coefficient (Wildman–Crippen LogP) is 3.68. The summed E-state index contributed by atoms with van der Waals surface area (Å²) in [7, 11) is 0. The Morgan fingerprint density at radius 2 is 2.00 bits per heavy atom. The standard InChI is InChI=1S/C17H15FN2O/c1-11-7-12(2)17(13(18)8-11)16(21)9-20-10-19-14-5-3-4-6-15(14)20/h3-8,10H,9H2,1-2H3. The molecule has 0 saturated heterocycles. The molecule has 0 N–H and O–H groups in total. The third kappa shape index (κ3) is 2.44. The summed E-state index contributed by atoms with van der Waals surface area (Å²) < 4.78 is 15.8. The Bertz CT molecular complexity index is 813. The Morgan fingerprint density at radius 1 is 1.24 bits per heavy atom. The first kappa shape index (κ1) is 13.5. The number of para-hydroxylation sites is 2. The van der Waals surface area contributed by atoms with Crippen LogP contribution in [-0.2, 0) is 6.54 Å². The van der Waals surface area contributed by atoms with Crippen LogP contribution in [0.25, 0.3) is 11.0 Å². The first-order valence-electron chi connectivity index (χ1n) is 6.76. The monoisotopic (exact) mass is 282 g/mol. The zero-order valence-corrected chi connectivity index (χ0v) is 11.9. The summed E-state index contributed by atoms with van der Waals surface area (Å²) in [6.45, 7) is 3.66. The van der Waals surface area contributed by atoms with Crippen LogP contribution in [0.1, 0.15) is 21.5 Å². The molecule has 0 unspecified atom stereocenters. The van der Waals surface area contributed by atoms with Gasteiger partial charge in [-0.15, -0.1) is 0 Å². The summed E-state index contributed by atoms with van der Waals surface area (Å²) in [6, 6.07) is 10.8. The molecule has 0 saturated carbocycles. The lowest BCUT2D eigenvalue weighted by atomic mass is 10.0. The fraction of sp³-hybridized carbons (Fsp3) is 0.176. The van der Waals surface area contributed by atoms with E-state index in [1.807, 2.05) is 37.3 Å². The Balaban J connectivity index is 1.97. The van der Waals surface area contributed by atoms with Crippen molar-refractivity contribution in [2.45, 2.75) is 20.4 Å². The molecule has 0 aliphatic rings. The van der Waals surface area contributed by atoms with Crippen LogP contribution < -0.4 is 0 Å². The summed E-state index contributed by atoms with van der Waals surface area (Å²) >= 11 is 0. The maximum Gasteiger partial charge on any atom is 0.185 e. The van der Waals surface area contributed by atoms with E-state index in [-0.39, 0.29) is 17.9 Å². The van der Waals surface area contributed by atoms with E-state index >= 15 is 0 Å². The SMILES string of the molecule is Cc1cc(C)c(C(=O)Cn2cnc3ccccc32)c(F)c1. The van der Waals surface area contributed by atoms with Gasteiger partial charge in [0, 0.05) is 0 Å². The Kier molecular flexibility index (Phi) is 3.29. The number of hydrogen-bond acceptors (Lipinski definition) is 2. The lowest BCUT2D eigenvalue weighted by molar-refractivity contribution is 0.0969. The van der Waals surface area contributed by atoms with Crippen molar-refractivity contribution < 1.29 is 9.18 Å². The van der Waals surface area contributed by atoms with Gasteiger partial charge in [-0.25, -0.2) is 9.37 Å². The smallest absolute Gasteiger partial charge is 0.185 e. The van der Waals surface area contributed by atoms with Crippen molar-refractivity contribution in [3.8, 4) is 0 Å². The molecule has 0 fully saturated rings. The van der Waals surface area contributed by atoms with E-state index in [9.17, 15) is 9.18 Å². The van der Waals surface area contributed by atoms with Gasteiger partial charge in [-0.3, -0.25) is 4.79 Å². The Morgan fingerprint density at radius 3 is 2.76 bits per heavy atom. The molecule has 0 spiro atoms. The maximum absolute atomic E-state index is 14.1. The van der Waals surface area contributed by atoms with Gasteiger partial charge in [0.05, 0.1) is 29.5 Å². The van der Waals surface area contributed by atoms with Gasteiger partial charge in [-0.2, -0.15) is 0 Å². The molecule has 0 amide bonds. The number of carbonyl (C=O) groups excluding carboxylic acids is 1. The molecule has 1 heterocycles. The number of halogens is 1. The summed E-state index contributed by atoms with van der Waals surface area (Å²) in [5.74, 6) is -0.699. The topological polar surface area (TPSA) is 34.9 Å². The van der Waals surface area contributed by atoms with Crippen molar-refractivity contribution in [2.24, 2.45) is 0 Å². The van der Waals surface area contributed by atoms with Gasteiger partial charge in [0.15, 0.2) is 5.78 Å². The van der Waals surface area contributed by atoms with Crippen LogP contribution in [0.15, 0.2) is 42.7 Å². The molecular formula is C17H15FN2O. The van der Waals surface area contributed by atoms with Gasteiger partial charge >= 0.3 is 0 Å². The number of rotatable bonds is 3. The molecule has 3 rings (SSSR count). The number of ketones is 1. The maximum atomic E-state index is 14.1. The van der Waals surface area contributed by atoms with Gasteiger partial charge in [0.25, 0.3) is 0 Å². The molecule has 0 bridgehead atoms. The number of aromatic nitrogens is 2. The normalized spacial score (nSPS) is 11.0. The van der Waals surface area contributed by atoms with Crippen LogP contribution in [0, 0.1) is 19.7 Å². The number of fused-ring (bicyclic) bond motifs is 1. The number of nitrogens with zero attached hydrogens (tertiary/aromatic N) is 2. The minimum atomic E-state index is -0.457.